The first-order valence-corrected chi connectivity index (χ1v) is 7.73. The molecule has 0 spiro atoms. The van der Waals surface area contributed by atoms with Crippen molar-refractivity contribution in [2.75, 3.05) is 0 Å². The fourth-order valence-electron chi connectivity index (χ4n) is 2.02. The lowest BCUT2D eigenvalue weighted by molar-refractivity contribution is -0.385. The van der Waals surface area contributed by atoms with Gasteiger partial charge in [-0.25, -0.2) is 10.4 Å². The number of hydrazone groups is 1. The summed E-state index contributed by atoms with van der Waals surface area (Å²) in [6, 6.07) is 12.8. The zero-order chi connectivity index (χ0) is 19.1. The number of nitrogens with zero attached hydrogens (tertiary/aromatic N) is 4. The van der Waals surface area contributed by atoms with Gasteiger partial charge in [-0.05, 0) is 42.0 Å². The first-order chi connectivity index (χ1) is 13.1. The molecule has 0 saturated carbocycles. The Hall–Kier alpha value is -4.14. The molecule has 0 fully saturated rings. The van der Waals surface area contributed by atoms with Gasteiger partial charge in [0, 0.05) is 30.1 Å². The Bertz CT molecular complexity index is 957. The third-order valence-corrected chi connectivity index (χ3v) is 3.36. The summed E-state index contributed by atoms with van der Waals surface area (Å²) >= 11 is 0. The van der Waals surface area contributed by atoms with Crippen molar-refractivity contribution in [1.29, 1.82) is 0 Å². The normalized spacial score (nSPS) is 10.5. The molecule has 134 valence electrons. The average Bonchev–Trinajstić information content (AvgIpc) is 2.70. The maximum Gasteiger partial charge on any atom is 0.287 e. The molecule has 9 heteroatoms. The summed E-state index contributed by atoms with van der Waals surface area (Å²) in [4.78, 5) is 29.6. The number of ether oxygens (including phenoxy) is 1. The number of hydrogen-bond donors (Lipinski definition) is 1. The standard InChI is InChI=1S/C18H13N5O4/c24-18(14-7-9-19-10-8-14)22-21-11-13-1-4-16(5-2-13)27-17-6-3-15(12-20-17)23(25)26/h1-12H,(H,22,24)/b21-11+. The zero-order valence-electron chi connectivity index (χ0n) is 13.9. The molecule has 0 bridgehead atoms. The number of nitrogens with one attached hydrogen (secondary N) is 1. The van der Waals surface area contributed by atoms with Gasteiger partial charge in [-0.3, -0.25) is 19.9 Å². The molecule has 1 aromatic carbocycles. The van der Waals surface area contributed by atoms with Gasteiger partial charge in [0.25, 0.3) is 11.6 Å². The molecular formula is C18H13N5O4. The van der Waals surface area contributed by atoms with E-state index in [-0.39, 0.29) is 17.5 Å². The van der Waals surface area contributed by atoms with Crippen LogP contribution in [0.5, 0.6) is 11.6 Å². The van der Waals surface area contributed by atoms with Crippen molar-refractivity contribution in [3.63, 3.8) is 0 Å². The third kappa shape index (κ3) is 4.92. The summed E-state index contributed by atoms with van der Waals surface area (Å²) in [6.07, 6.45) is 5.67. The van der Waals surface area contributed by atoms with E-state index in [9.17, 15) is 14.9 Å². The first kappa shape index (κ1) is 17.7. The van der Waals surface area contributed by atoms with Gasteiger partial charge in [0.2, 0.25) is 5.88 Å². The molecule has 2 aromatic heterocycles. The Balaban J connectivity index is 1.56. The van der Waals surface area contributed by atoms with E-state index in [1.807, 2.05) is 0 Å². The number of rotatable bonds is 6. The fourth-order valence-corrected chi connectivity index (χ4v) is 2.02. The van der Waals surface area contributed by atoms with Crippen LogP contribution in [0.3, 0.4) is 0 Å². The predicted molar refractivity (Wildman–Crippen MR) is 96.7 cm³/mol. The van der Waals surface area contributed by atoms with Crippen molar-refractivity contribution in [3.05, 3.63) is 88.4 Å². The van der Waals surface area contributed by atoms with Crippen LogP contribution in [0, 0.1) is 10.1 Å². The second kappa shape index (κ2) is 8.30. The number of amides is 1. The molecule has 0 aliphatic heterocycles. The van der Waals surface area contributed by atoms with E-state index in [4.69, 9.17) is 4.74 Å². The SMILES string of the molecule is O=C(N/N=C/c1ccc(Oc2ccc([N+](=O)[O-])cn2)cc1)c1ccncc1. The number of benzene rings is 1. The van der Waals surface area contributed by atoms with Crippen LogP contribution in [0.25, 0.3) is 0 Å². The molecule has 0 unspecified atom stereocenters. The highest BCUT2D eigenvalue weighted by molar-refractivity contribution is 5.94. The van der Waals surface area contributed by atoms with Gasteiger partial charge in [0.15, 0.2) is 0 Å². The van der Waals surface area contributed by atoms with Crippen LogP contribution in [-0.2, 0) is 0 Å². The van der Waals surface area contributed by atoms with E-state index in [2.05, 4.69) is 20.5 Å². The van der Waals surface area contributed by atoms with Crippen molar-refractivity contribution >= 4 is 17.8 Å². The number of carbonyl (C=O) groups excluding carboxylic acids is 1. The molecule has 27 heavy (non-hydrogen) atoms. The van der Waals surface area contributed by atoms with Crippen LogP contribution >= 0.6 is 0 Å². The summed E-state index contributed by atoms with van der Waals surface area (Å²) in [6.45, 7) is 0. The molecule has 0 aliphatic carbocycles. The Morgan fingerprint density at radius 1 is 1.11 bits per heavy atom. The van der Waals surface area contributed by atoms with Gasteiger partial charge in [0.1, 0.15) is 11.9 Å². The Morgan fingerprint density at radius 3 is 2.48 bits per heavy atom. The van der Waals surface area contributed by atoms with Crippen molar-refractivity contribution in [2.45, 2.75) is 0 Å². The molecule has 0 aliphatic rings. The fraction of sp³-hybridized carbons (Fsp3) is 0. The van der Waals surface area contributed by atoms with E-state index < -0.39 is 4.92 Å². The predicted octanol–water partition coefficient (Wildman–Crippen LogP) is 2.94. The lowest BCUT2D eigenvalue weighted by atomic mass is 10.2. The summed E-state index contributed by atoms with van der Waals surface area (Å²) in [5.41, 5.74) is 3.52. The minimum atomic E-state index is -0.529. The van der Waals surface area contributed by atoms with E-state index in [1.54, 1.807) is 36.4 Å². The minimum Gasteiger partial charge on any atom is -0.439 e. The number of carbonyl (C=O) groups is 1. The maximum atomic E-state index is 11.8. The van der Waals surface area contributed by atoms with Gasteiger partial charge in [-0.15, -0.1) is 0 Å². The topological polar surface area (TPSA) is 120 Å². The molecule has 9 nitrogen and oxygen atoms in total. The van der Waals surface area contributed by atoms with Crippen molar-refractivity contribution in [1.82, 2.24) is 15.4 Å². The van der Waals surface area contributed by atoms with Crippen LogP contribution in [0.4, 0.5) is 5.69 Å². The molecule has 2 heterocycles. The third-order valence-electron chi connectivity index (χ3n) is 3.36. The van der Waals surface area contributed by atoms with Crippen LogP contribution in [0.1, 0.15) is 15.9 Å². The first-order valence-electron chi connectivity index (χ1n) is 7.73. The molecule has 0 saturated heterocycles. The maximum absolute atomic E-state index is 11.8. The van der Waals surface area contributed by atoms with Crippen LogP contribution in [0.15, 0.2) is 72.2 Å². The monoisotopic (exact) mass is 363 g/mol. The second-order valence-electron chi connectivity index (χ2n) is 5.22. The molecule has 1 N–H and O–H groups in total. The van der Waals surface area contributed by atoms with E-state index in [1.165, 1.54) is 30.7 Å². The molecule has 1 amide bonds. The van der Waals surface area contributed by atoms with Crippen molar-refractivity contribution in [3.8, 4) is 11.6 Å². The summed E-state index contributed by atoms with van der Waals surface area (Å²) in [7, 11) is 0. The molecule has 0 radical (unpaired) electrons. The van der Waals surface area contributed by atoms with Crippen molar-refractivity contribution < 1.29 is 14.5 Å². The summed E-state index contributed by atoms with van der Waals surface area (Å²) in [5.74, 6) is 0.416. The van der Waals surface area contributed by atoms with Crippen LogP contribution in [0.2, 0.25) is 0 Å². The number of hydrogen-bond acceptors (Lipinski definition) is 7. The highest BCUT2D eigenvalue weighted by Crippen LogP contribution is 2.21. The Kier molecular flexibility index (Phi) is 5.43. The smallest absolute Gasteiger partial charge is 0.287 e. The largest absolute Gasteiger partial charge is 0.439 e. The lowest BCUT2D eigenvalue weighted by Gasteiger charge is -2.04. The summed E-state index contributed by atoms with van der Waals surface area (Å²) in [5, 5.41) is 14.5. The lowest BCUT2D eigenvalue weighted by Crippen LogP contribution is -2.17. The number of nitro groups is 1. The highest BCUT2D eigenvalue weighted by atomic mass is 16.6. The van der Waals surface area contributed by atoms with Gasteiger partial charge in [-0.2, -0.15) is 5.10 Å². The molecular weight excluding hydrogens is 350 g/mol. The van der Waals surface area contributed by atoms with Gasteiger partial charge < -0.3 is 4.74 Å². The second-order valence-corrected chi connectivity index (χ2v) is 5.22. The number of aromatic nitrogens is 2. The quantitative estimate of drug-likeness (QED) is 0.408. The van der Waals surface area contributed by atoms with E-state index in [0.717, 1.165) is 11.8 Å². The average molecular weight is 363 g/mol. The van der Waals surface area contributed by atoms with Gasteiger partial charge >= 0.3 is 0 Å². The number of pyridine rings is 2. The van der Waals surface area contributed by atoms with Crippen molar-refractivity contribution in [2.24, 2.45) is 5.10 Å². The van der Waals surface area contributed by atoms with E-state index in [0.29, 0.717) is 11.3 Å². The Labute approximate surface area is 153 Å². The van der Waals surface area contributed by atoms with Crippen LogP contribution < -0.4 is 10.2 Å². The molecule has 0 atom stereocenters. The highest BCUT2D eigenvalue weighted by Gasteiger charge is 2.06. The van der Waals surface area contributed by atoms with E-state index >= 15 is 0 Å². The van der Waals surface area contributed by atoms with Crippen LogP contribution in [-0.4, -0.2) is 27.0 Å². The van der Waals surface area contributed by atoms with Gasteiger partial charge in [-0.1, -0.05) is 0 Å². The molecule has 3 aromatic rings. The minimum absolute atomic E-state index is 0.109. The molecule has 3 rings (SSSR count). The Morgan fingerprint density at radius 2 is 1.85 bits per heavy atom. The van der Waals surface area contributed by atoms with Gasteiger partial charge in [0.05, 0.1) is 11.1 Å². The zero-order valence-corrected chi connectivity index (χ0v) is 13.9. The summed E-state index contributed by atoms with van der Waals surface area (Å²) < 4.78 is 5.51.